The van der Waals surface area contributed by atoms with Crippen LogP contribution in [0.4, 0.5) is 17.2 Å². The first-order valence-corrected chi connectivity index (χ1v) is 12.6. The van der Waals surface area contributed by atoms with Crippen molar-refractivity contribution < 1.29 is 14.1 Å². The number of piperazine rings is 1. The number of nitrogens with zero attached hydrogens (tertiary/aromatic N) is 4. The van der Waals surface area contributed by atoms with Crippen LogP contribution in [-0.4, -0.2) is 64.8 Å². The quantitative estimate of drug-likeness (QED) is 0.318. The van der Waals surface area contributed by atoms with Crippen molar-refractivity contribution in [1.82, 2.24) is 20.3 Å². The van der Waals surface area contributed by atoms with Crippen LogP contribution >= 0.6 is 11.6 Å². The van der Waals surface area contributed by atoms with E-state index in [0.717, 1.165) is 55.2 Å². The summed E-state index contributed by atoms with van der Waals surface area (Å²) in [4.78, 5) is 28.8. The number of carbonyl (C=O) groups is 2. The fraction of sp³-hybridized carbons (Fsp3) is 0.308. The fourth-order valence-corrected chi connectivity index (χ4v) is 4.67. The number of aromatic nitrogens is 3. The van der Waals surface area contributed by atoms with Gasteiger partial charge in [0.15, 0.2) is 11.5 Å². The number of carbonyl (C=O) groups excluding carboxylic acids is 2. The summed E-state index contributed by atoms with van der Waals surface area (Å²) < 4.78 is 5.40. The van der Waals surface area contributed by atoms with Crippen molar-refractivity contribution in [1.29, 1.82) is 0 Å². The van der Waals surface area contributed by atoms with Gasteiger partial charge in [0, 0.05) is 67.4 Å². The molecule has 2 amide bonds. The van der Waals surface area contributed by atoms with Crippen molar-refractivity contribution in [3.05, 3.63) is 65.0 Å². The molecule has 0 atom stereocenters. The number of H-pyrrole nitrogens is 1. The molecular weight excluding hydrogens is 494 g/mol. The summed E-state index contributed by atoms with van der Waals surface area (Å²) in [5, 5.41) is 17.9. The molecule has 192 valence electrons. The molecule has 5 rings (SSSR count). The van der Waals surface area contributed by atoms with Crippen LogP contribution in [0.1, 0.15) is 29.6 Å². The van der Waals surface area contributed by atoms with E-state index in [1.54, 1.807) is 24.3 Å². The van der Waals surface area contributed by atoms with Crippen LogP contribution in [0.2, 0.25) is 5.02 Å². The predicted octanol–water partition coefficient (Wildman–Crippen LogP) is 4.17. The average Bonchev–Trinajstić information content (AvgIpc) is 3.51. The van der Waals surface area contributed by atoms with E-state index in [1.165, 1.54) is 6.92 Å². The smallest absolute Gasteiger partial charge is 0.279 e. The number of nitrogens with one attached hydrogen (secondary N) is 3. The monoisotopic (exact) mass is 521 g/mol. The van der Waals surface area contributed by atoms with Gasteiger partial charge >= 0.3 is 0 Å². The van der Waals surface area contributed by atoms with Crippen molar-refractivity contribution in [2.45, 2.75) is 19.8 Å². The van der Waals surface area contributed by atoms with E-state index in [2.05, 4.69) is 41.9 Å². The van der Waals surface area contributed by atoms with Gasteiger partial charge in [0.05, 0.1) is 5.52 Å². The minimum atomic E-state index is -0.397. The zero-order valence-corrected chi connectivity index (χ0v) is 21.2. The van der Waals surface area contributed by atoms with E-state index in [1.807, 2.05) is 18.2 Å². The van der Waals surface area contributed by atoms with Crippen LogP contribution in [0.5, 0.6) is 0 Å². The molecule has 2 aromatic carbocycles. The molecule has 0 radical (unpaired) electrons. The number of aryl methyl sites for hydroxylation is 1. The normalized spacial score (nSPS) is 14.2. The number of benzene rings is 2. The number of fused-ring (bicyclic) bond motifs is 1. The Hall–Kier alpha value is -3.89. The van der Waals surface area contributed by atoms with Gasteiger partial charge in [0.25, 0.3) is 5.91 Å². The van der Waals surface area contributed by atoms with E-state index >= 15 is 0 Å². The van der Waals surface area contributed by atoms with Crippen molar-refractivity contribution in [2.75, 3.05) is 48.3 Å². The second-order valence-corrected chi connectivity index (χ2v) is 9.49. The third kappa shape index (κ3) is 6.10. The third-order valence-electron chi connectivity index (χ3n) is 6.35. The van der Waals surface area contributed by atoms with Gasteiger partial charge in [-0.3, -0.25) is 19.6 Å². The lowest BCUT2D eigenvalue weighted by Crippen LogP contribution is -2.46. The Morgan fingerprint density at radius 3 is 2.70 bits per heavy atom. The summed E-state index contributed by atoms with van der Waals surface area (Å²) in [6, 6.07) is 14.9. The zero-order chi connectivity index (χ0) is 25.8. The number of hydrogen-bond donors (Lipinski definition) is 3. The lowest BCUT2D eigenvalue weighted by molar-refractivity contribution is -0.114. The second kappa shape index (κ2) is 11.0. The van der Waals surface area contributed by atoms with Crippen LogP contribution in [0, 0.1) is 0 Å². The minimum absolute atomic E-state index is 0.161. The molecule has 10 nitrogen and oxygen atoms in total. The lowest BCUT2D eigenvalue weighted by Gasteiger charge is -2.36. The number of aromatic amines is 1. The summed E-state index contributed by atoms with van der Waals surface area (Å²) >= 11 is 6.13. The first-order valence-electron chi connectivity index (χ1n) is 12.2. The molecule has 37 heavy (non-hydrogen) atoms. The van der Waals surface area contributed by atoms with Gasteiger partial charge in [-0.2, -0.15) is 5.10 Å². The maximum absolute atomic E-state index is 12.7. The molecule has 0 unspecified atom stereocenters. The van der Waals surface area contributed by atoms with E-state index in [0.29, 0.717) is 29.2 Å². The first-order chi connectivity index (χ1) is 17.9. The van der Waals surface area contributed by atoms with Gasteiger partial charge in [-0.05, 0) is 49.4 Å². The minimum Gasteiger partial charge on any atom is -0.369 e. The fourth-order valence-electron chi connectivity index (χ4n) is 4.48. The molecule has 2 aromatic heterocycles. The molecule has 1 fully saturated rings. The number of amides is 2. The molecule has 1 aliphatic rings. The number of anilines is 3. The van der Waals surface area contributed by atoms with Crippen LogP contribution in [0.15, 0.2) is 53.1 Å². The van der Waals surface area contributed by atoms with Crippen LogP contribution < -0.4 is 15.5 Å². The highest BCUT2D eigenvalue weighted by molar-refractivity contribution is 6.30. The molecule has 0 aliphatic carbocycles. The van der Waals surface area contributed by atoms with Gasteiger partial charge in [0.1, 0.15) is 5.76 Å². The van der Waals surface area contributed by atoms with Gasteiger partial charge in [-0.25, -0.2) is 0 Å². The molecule has 1 saturated heterocycles. The maximum atomic E-state index is 12.7. The summed E-state index contributed by atoms with van der Waals surface area (Å²) in [7, 11) is 0. The topological polar surface area (TPSA) is 119 Å². The highest BCUT2D eigenvalue weighted by Gasteiger charge is 2.19. The van der Waals surface area contributed by atoms with Crippen LogP contribution in [0.3, 0.4) is 0 Å². The van der Waals surface area contributed by atoms with Gasteiger partial charge in [0.2, 0.25) is 5.91 Å². The standard InChI is InChI=1S/C26H28ClN7O3/c1-17(35)28-19-7-8-22-23(15-19)30-31-25(22)29-26(36)24-16-21(37-32-24)6-3-9-33-10-12-34(13-11-33)20-5-2-4-18(27)14-20/h2,4-5,7-8,14-16H,3,6,9-13H2,1H3,(H,28,35)(H2,29,30,31,36). The van der Waals surface area contributed by atoms with E-state index in [-0.39, 0.29) is 11.6 Å². The van der Waals surface area contributed by atoms with Crippen molar-refractivity contribution in [3.8, 4) is 0 Å². The third-order valence-corrected chi connectivity index (χ3v) is 6.58. The Balaban J connectivity index is 1.09. The number of hydrogen-bond acceptors (Lipinski definition) is 7. The molecule has 0 bridgehead atoms. The summed E-state index contributed by atoms with van der Waals surface area (Å²) in [6.45, 7) is 6.29. The second-order valence-electron chi connectivity index (χ2n) is 9.06. The maximum Gasteiger partial charge on any atom is 0.279 e. The Morgan fingerprint density at radius 1 is 1.08 bits per heavy atom. The van der Waals surface area contributed by atoms with E-state index < -0.39 is 5.91 Å². The van der Waals surface area contributed by atoms with E-state index in [4.69, 9.17) is 16.1 Å². The highest BCUT2D eigenvalue weighted by atomic mass is 35.5. The molecule has 4 aromatic rings. The lowest BCUT2D eigenvalue weighted by atomic mass is 10.2. The SMILES string of the molecule is CC(=O)Nc1ccc2c(NC(=O)c3cc(CCCN4CCN(c5cccc(Cl)c5)CC4)on3)n[nH]c2c1. The first kappa shape index (κ1) is 24.8. The van der Waals surface area contributed by atoms with Crippen LogP contribution in [-0.2, 0) is 11.2 Å². The molecule has 3 N–H and O–H groups in total. The number of halogens is 1. The van der Waals surface area contributed by atoms with Gasteiger partial charge in [-0.15, -0.1) is 0 Å². The Morgan fingerprint density at radius 2 is 1.92 bits per heavy atom. The zero-order valence-electron chi connectivity index (χ0n) is 20.5. The molecule has 0 saturated carbocycles. The summed E-state index contributed by atoms with van der Waals surface area (Å²) in [5.74, 6) is 0.502. The average molecular weight is 522 g/mol. The van der Waals surface area contributed by atoms with Crippen molar-refractivity contribution in [3.63, 3.8) is 0 Å². The van der Waals surface area contributed by atoms with Crippen molar-refractivity contribution >= 4 is 51.5 Å². The Labute approximate surface area is 218 Å². The van der Waals surface area contributed by atoms with E-state index in [9.17, 15) is 9.59 Å². The molecule has 0 spiro atoms. The molecule has 11 heteroatoms. The molecule has 1 aliphatic heterocycles. The van der Waals surface area contributed by atoms with Gasteiger partial charge < -0.3 is 20.1 Å². The number of rotatable bonds is 8. The molecular formula is C26H28ClN7O3. The largest absolute Gasteiger partial charge is 0.369 e. The Bertz CT molecular complexity index is 1410. The predicted molar refractivity (Wildman–Crippen MR) is 143 cm³/mol. The summed E-state index contributed by atoms with van der Waals surface area (Å²) in [6.07, 6.45) is 1.61. The highest BCUT2D eigenvalue weighted by Crippen LogP contribution is 2.24. The van der Waals surface area contributed by atoms with Gasteiger partial charge in [-0.1, -0.05) is 22.8 Å². The Kier molecular flexibility index (Phi) is 7.38. The summed E-state index contributed by atoms with van der Waals surface area (Å²) in [5.41, 5.74) is 2.70. The van der Waals surface area contributed by atoms with Crippen molar-refractivity contribution in [2.24, 2.45) is 0 Å². The molecule has 3 heterocycles. The van der Waals surface area contributed by atoms with Crippen LogP contribution in [0.25, 0.3) is 10.9 Å².